The summed E-state index contributed by atoms with van der Waals surface area (Å²) in [5.41, 5.74) is 1.75. The van der Waals surface area contributed by atoms with Gasteiger partial charge in [0.1, 0.15) is 11.6 Å². The molecule has 4 nitrogen and oxygen atoms in total. The number of halogens is 3. The highest BCUT2D eigenvalue weighted by Crippen LogP contribution is 2.27. The summed E-state index contributed by atoms with van der Waals surface area (Å²) < 4.78 is 12.9. The third-order valence-corrected chi connectivity index (χ3v) is 4.01. The van der Waals surface area contributed by atoms with Crippen molar-refractivity contribution < 1.29 is 4.39 Å². The summed E-state index contributed by atoms with van der Waals surface area (Å²) in [4.78, 5) is 8.58. The van der Waals surface area contributed by atoms with Crippen LogP contribution in [0.5, 0.6) is 0 Å². The van der Waals surface area contributed by atoms with Crippen molar-refractivity contribution in [3.05, 3.63) is 76.2 Å². The molecule has 128 valence electrons. The van der Waals surface area contributed by atoms with Gasteiger partial charge >= 0.3 is 0 Å². The smallest absolute Gasteiger partial charge is 0.224 e. The fraction of sp³-hybridized carbons (Fsp3) is 0.111. The Bertz CT molecular complexity index is 856. The summed E-state index contributed by atoms with van der Waals surface area (Å²) in [6.07, 6.45) is 2.39. The topological polar surface area (TPSA) is 49.8 Å². The molecule has 0 aliphatic carbocycles. The van der Waals surface area contributed by atoms with Crippen LogP contribution in [0.15, 0.2) is 54.7 Å². The van der Waals surface area contributed by atoms with Gasteiger partial charge in [-0.25, -0.2) is 9.37 Å². The lowest BCUT2D eigenvalue weighted by molar-refractivity contribution is 0.627. The van der Waals surface area contributed by atoms with E-state index >= 15 is 0 Å². The zero-order valence-corrected chi connectivity index (χ0v) is 14.7. The van der Waals surface area contributed by atoms with Crippen molar-refractivity contribution >= 4 is 40.7 Å². The average molecular weight is 377 g/mol. The summed E-state index contributed by atoms with van der Waals surface area (Å²) in [5, 5.41) is 7.36. The van der Waals surface area contributed by atoms with E-state index in [0.717, 1.165) is 12.0 Å². The van der Waals surface area contributed by atoms with Gasteiger partial charge in [-0.05, 0) is 48.4 Å². The second-order valence-corrected chi connectivity index (χ2v) is 6.16. The summed E-state index contributed by atoms with van der Waals surface area (Å²) in [5.74, 6) is 0.875. The number of benzene rings is 2. The van der Waals surface area contributed by atoms with Crippen molar-refractivity contribution in [2.24, 2.45) is 0 Å². The van der Waals surface area contributed by atoms with Crippen LogP contribution in [0.2, 0.25) is 10.0 Å². The van der Waals surface area contributed by atoms with Crippen LogP contribution in [-0.4, -0.2) is 16.5 Å². The molecule has 0 aliphatic rings. The van der Waals surface area contributed by atoms with Crippen molar-refractivity contribution in [3.63, 3.8) is 0 Å². The number of rotatable bonds is 6. The molecule has 2 N–H and O–H groups in total. The zero-order valence-electron chi connectivity index (χ0n) is 13.1. The normalized spacial score (nSPS) is 10.5. The van der Waals surface area contributed by atoms with Gasteiger partial charge in [0.2, 0.25) is 5.95 Å². The molecule has 1 aromatic heterocycles. The summed E-state index contributed by atoms with van der Waals surface area (Å²) in [6, 6.07) is 13.4. The fourth-order valence-corrected chi connectivity index (χ4v) is 2.67. The first-order valence-electron chi connectivity index (χ1n) is 7.63. The quantitative estimate of drug-likeness (QED) is 0.610. The maximum absolute atomic E-state index is 12.9. The molecule has 0 radical (unpaired) electrons. The van der Waals surface area contributed by atoms with Gasteiger partial charge in [0.05, 0.1) is 10.7 Å². The first-order valence-corrected chi connectivity index (χ1v) is 8.39. The Hall–Kier alpha value is -2.37. The predicted octanol–water partition coefficient (Wildman–Crippen LogP) is 5.32. The summed E-state index contributed by atoms with van der Waals surface area (Å²) in [6.45, 7) is 0.636. The Morgan fingerprint density at radius 2 is 1.80 bits per heavy atom. The SMILES string of the molecule is Fc1ccc(CCNc2nccc(Nc3ccc(Cl)cc3Cl)n2)cc1. The predicted molar refractivity (Wildman–Crippen MR) is 100 cm³/mol. The Kier molecular flexibility index (Phi) is 5.68. The molecule has 2 aromatic carbocycles. The Morgan fingerprint density at radius 3 is 2.56 bits per heavy atom. The van der Waals surface area contributed by atoms with E-state index in [1.54, 1.807) is 42.6 Å². The molecule has 3 rings (SSSR count). The molecule has 0 spiro atoms. The van der Waals surface area contributed by atoms with Crippen molar-refractivity contribution in [1.82, 2.24) is 9.97 Å². The molecule has 0 unspecified atom stereocenters. The maximum atomic E-state index is 12.9. The Balaban J connectivity index is 1.60. The lowest BCUT2D eigenvalue weighted by Gasteiger charge is -2.10. The van der Waals surface area contributed by atoms with Crippen molar-refractivity contribution in [2.75, 3.05) is 17.2 Å². The summed E-state index contributed by atoms with van der Waals surface area (Å²) >= 11 is 12.0. The van der Waals surface area contributed by atoms with Crippen LogP contribution in [0, 0.1) is 5.82 Å². The van der Waals surface area contributed by atoms with Gasteiger partial charge in [0.25, 0.3) is 0 Å². The third kappa shape index (κ3) is 5.05. The van der Waals surface area contributed by atoms with Gasteiger partial charge in [-0.2, -0.15) is 4.98 Å². The number of nitrogens with zero attached hydrogens (tertiary/aromatic N) is 2. The minimum absolute atomic E-state index is 0.236. The van der Waals surface area contributed by atoms with Gasteiger partial charge in [0, 0.05) is 17.8 Å². The van der Waals surface area contributed by atoms with Gasteiger partial charge < -0.3 is 10.6 Å². The molecule has 25 heavy (non-hydrogen) atoms. The largest absolute Gasteiger partial charge is 0.354 e. The van der Waals surface area contributed by atoms with Crippen LogP contribution >= 0.6 is 23.2 Å². The molecule has 7 heteroatoms. The minimum atomic E-state index is -0.236. The van der Waals surface area contributed by atoms with Crippen molar-refractivity contribution in [1.29, 1.82) is 0 Å². The summed E-state index contributed by atoms with van der Waals surface area (Å²) in [7, 11) is 0. The molecule has 0 atom stereocenters. The standard InChI is InChI=1S/C18H15Cl2FN4/c19-13-3-6-16(15(20)11-13)24-17-8-10-23-18(25-17)22-9-7-12-1-4-14(21)5-2-12/h1-6,8,10-11H,7,9H2,(H2,22,23,24,25). The first-order chi connectivity index (χ1) is 12.1. The fourth-order valence-electron chi connectivity index (χ4n) is 2.21. The van der Waals surface area contributed by atoms with E-state index in [2.05, 4.69) is 20.6 Å². The van der Waals surface area contributed by atoms with E-state index < -0.39 is 0 Å². The molecular formula is C18H15Cl2FN4. The first kappa shape index (κ1) is 17.5. The van der Waals surface area contributed by atoms with Gasteiger partial charge in [-0.15, -0.1) is 0 Å². The number of aromatic nitrogens is 2. The molecule has 0 amide bonds. The highest BCUT2D eigenvalue weighted by molar-refractivity contribution is 6.36. The van der Waals surface area contributed by atoms with E-state index in [4.69, 9.17) is 23.2 Å². The highest BCUT2D eigenvalue weighted by atomic mass is 35.5. The lowest BCUT2D eigenvalue weighted by Crippen LogP contribution is -2.08. The number of hydrogen-bond donors (Lipinski definition) is 2. The average Bonchev–Trinajstić information content (AvgIpc) is 2.60. The van der Waals surface area contributed by atoms with Gasteiger partial charge in [0.15, 0.2) is 0 Å². The van der Waals surface area contributed by atoms with E-state index in [0.29, 0.717) is 34.0 Å². The van der Waals surface area contributed by atoms with Gasteiger partial charge in [-0.1, -0.05) is 35.3 Å². The van der Waals surface area contributed by atoms with Crippen LogP contribution in [0.25, 0.3) is 0 Å². The number of hydrogen-bond acceptors (Lipinski definition) is 4. The second-order valence-electron chi connectivity index (χ2n) is 5.32. The van der Waals surface area contributed by atoms with E-state index in [9.17, 15) is 4.39 Å². The minimum Gasteiger partial charge on any atom is -0.354 e. The number of anilines is 3. The van der Waals surface area contributed by atoms with Gasteiger partial charge in [-0.3, -0.25) is 0 Å². The highest BCUT2D eigenvalue weighted by Gasteiger charge is 2.04. The van der Waals surface area contributed by atoms with E-state index in [1.165, 1.54) is 12.1 Å². The van der Waals surface area contributed by atoms with E-state index in [1.807, 2.05) is 0 Å². The van der Waals surface area contributed by atoms with Crippen LogP contribution in [0.1, 0.15) is 5.56 Å². The molecule has 0 fully saturated rings. The number of nitrogens with one attached hydrogen (secondary N) is 2. The molecule has 0 saturated heterocycles. The lowest BCUT2D eigenvalue weighted by atomic mass is 10.1. The van der Waals surface area contributed by atoms with Crippen LogP contribution in [0.4, 0.5) is 21.8 Å². The van der Waals surface area contributed by atoms with Crippen LogP contribution in [-0.2, 0) is 6.42 Å². The second kappa shape index (κ2) is 8.14. The Morgan fingerprint density at radius 1 is 1.00 bits per heavy atom. The Labute approximate surface area is 155 Å². The zero-order chi connectivity index (χ0) is 17.6. The monoisotopic (exact) mass is 376 g/mol. The molecule has 1 heterocycles. The van der Waals surface area contributed by atoms with Crippen molar-refractivity contribution in [2.45, 2.75) is 6.42 Å². The molecule has 0 aliphatic heterocycles. The van der Waals surface area contributed by atoms with Crippen LogP contribution in [0.3, 0.4) is 0 Å². The molecule has 0 bridgehead atoms. The van der Waals surface area contributed by atoms with Crippen molar-refractivity contribution in [3.8, 4) is 0 Å². The molecule has 3 aromatic rings. The molecular weight excluding hydrogens is 362 g/mol. The van der Waals surface area contributed by atoms with Crippen LogP contribution < -0.4 is 10.6 Å². The third-order valence-electron chi connectivity index (χ3n) is 3.46. The maximum Gasteiger partial charge on any atom is 0.224 e. The molecule has 0 saturated carbocycles. The van der Waals surface area contributed by atoms with E-state index in [-0.39, 0.29) is 5.82 Å².